The Balaban J connectivity index is 0.00000161. The van der Waals surface area contributed by atoms with Crippen LogP contribution in [0.5, 0.6) is 0 Å². The van der Waals surface area contributed by atoms with Crippen LogP contribution < -0.4 is 5.32 Å². The first-order valence-corrected chi connectivity index (χ1v) is 6.51. The molecule has 0 amide bonds. The van der Waals surface area contributed by atoms with Gasteiger partial charge >= 0.3 is 5.97 Å². The molecule has 2 aromatic heterocycles. The fraction of sp³-hybridized carbons (Fsp3) is 0.267. The number of fused-ring (bicyclic) bond motifs is 1. The summed E-state index contributed by atoms with van der Waals surface area (Å²) in [7, 11) is 1.40. The zero-order valence-electron chi connectivity index (χ0n) is 11.6. The Morgan fingerprint density at radius 1 is 1.33 bits per heavy atom. The number of halogens is 1. The van der Waals surface area contributed by atoms with Crippen molar-refractivity contribution in [2.24, 2.45) is 0 Å². The van der Waals surface area contributed by atoms with Crippen molar-refractivity contribution in [3.63, 3.8) is 0 Å². The Kier molecular flexibility index (Phi) is 4.88. The predicted octanol–water partition coefficient (Wildman–Crippen LogP) is 2.00. The molecule has 3 rings (SSSR count). The normalized spacial score (nSPS) is 13.0. The number of pyridine rings is 2. The summed E-state index contributed by atoms with van der Waals surface area (Å²) in [6, 6.07) is 3.70. The van der Waals surface area contributed by atoms with Gasteiger partial charge in [0.1, 0.15) is 0 Å². The minimum atomic E-state index is -0.330. The number of nitrogens with one attached hydrogen (secondary N) is 1. The second-order valence-corrected chi connectivity index (χ2v) is 4.64. The molecule has 0 spiro atoms. The molecular weight excluding hydrogens is 290 g/mol. The van der Waals surface area contributed by atoms with Crippen LogP contribution in [0.25, 0.3) is 11.3 Å². The maximum absolute atomic E-state index is 12.2. The third-order valence-corrected chi connectivity index (χ3v) is 3.49. The van der Waals surface area contributed by atoms with E-state index >= 15 is 0 Å². The first-order valence-electron chi connectivity index (χ1n) is 6.51. The topological polar surface area (TPSA) is 64.1 Å². The monoisotopic (exact) mass is 305 g/mol. The molecule has 3 heterocycles. The van der Waals surface area contributed by atoms with Crippen LogP contribution in [0.15, 0.2) is 30.7 Å². The molecule has 0 fully saturated rings. The van der Waals surface area contributed by atoms with E-state index in [9.17, 15) is 4.79 Å². The fourth-order valence-corrected chi connectivity index (χ4v) is 2.51. The highest BCUT2D eigenvalue weighted by atomic mass is 35.5. The highest BCUT2D eigenvalue weighted by Gasteiger charge is 2.23. The Morgan fingerprint density at radius 3 is 2.81 bits per heavy atom. The van der Waals surface area contributed by atoms with Crippen molar-refractivity contribution in [1.82, 2.24) is 15.3 Å². The largest absolute Gasteiger partial charge is 0.465 e. The lowest BCUT2D eigenvalue weighted by molar-refractivity contribution is 0.0599. The van der Waals surface area contributed by atoms with Gasteiger partial charge in [-0.3, -0.25) is 9.97 Å². The number of nitrogens with zero attached hydrogens (tertiary/aromatic N) is 2. The number of methoxy groups -OCH3 is 1. The summed E-state index contributed by atoms with van der Waals surface area (Å²) in [5, 5.41) is 3.28. The van der Waals surface area contributed by atoms with Crippen LogP contribution in [-0.2, 0) is 17.7 Å². The smallest absolute Gasteiger partial charge is 0.340 e. The van der Waals surface area contributed by atoms with E-state index in [1.54, 1.807) is 12.4 Å². The van der Waals surface area contributed by atoms with Gasteiger partial charge in [0, 0.05) is 30.7 Å². The molecule has 1 aliphatic rings. The van der Waals surface area contributed by atoms with Crippen LogP contribution in [0.1, 0.15) is 21.5 Å². The van der Waals surface area contributed by atoms with Gasteiger partial charge in [-0.25, -0.2) is 4.79 Å². The summed E-state index contributed by atoms with van der Waals surface area (Å²) < 4.78 is 4.95. The molecule has 0 radical (unpaired) electrons. The molecule has 0 saturated carbocycles. The molecule has 110 valence electrons. The number of carbonyl (C=O) groups excluding carboxylic acids is 1. The summed E-state index contributed by atoms with van der Waals surface area (Å²) in [6.07, 6.45) is 6.03. The lowest BCUT2D eigenvalue weighted by Crippen LogP contribution is -2.26. The lowest BCUT2D eigenvalue weighted by Gasteiger charge is -2.21. The third kappa shape index (κ3) is 2.89. The molecule has 0 atom stereocenters. The molecule has 5 nitrogen and oxygen atoms in total. The van der Waals surface area contributed by atoms with Crippen molar-refractivity contribution < 1.29 is 9.53 Å². The van der Waals surface area contributed by atoms with Crippen LogP contribution in [0.2, 0.25) is 0 Å². The van der Waals surface area contributed by atoms with E-state index in [-0.39, 0.29) is 18.4 Å². The lowest BCUT2D eigenvalue weighted by atomic mass is 9.93. The van der Waals surface area contributed by atoms with E-state index in [1.165, 1.54) is 7.11 Å². The Hall–Kier alpha value is -1.98. The maximum Gasteiger partial charge on any atom is 0.340 e. The van der Waals surface area contributed by atoms with E-state index in [2.05, 4.69) is 15.3 Å². The minimum Gasteiger partial charge on any atom is -0.465 e. The Labute approximate surface area is 129 Å². The van der Waals surface area contributed by atoms with Gasteiger partial charge in [-0.05, 0) is 36.2 Å². The number of hydrogen-bond donors (Lipinski definition) is 1. The Bertz CT molecular complexity index is 647. The summed E-state index contributed by atoms with van der Waals surface area (Å²) >= 11 is 0. The molecule has 1 aliphatic heterocycles. The number of ether oxygens (including phenoxy) is 1. The molecule has 0 aliphatic carbocycles. The molecule has 2 aromatic rings. The van der Waals surface area contributed by atoms with Gasteiger partial charge in [-0.2, -0.15) is 0 Å². The number of esters is 1. The molecule has 21 heavy (non-hydrogen) atoms. The van der Waals surface area contributed by atoms with Gasteiger partial charge in [0.2, 0.25) is 0 Å². The van der Waals surface area contributed by atoms with Crippen LogP contribution in [0.3, 0.4) is 0 Å². The molecule has 0 saturated heterocycles. The van der Waals surface area contributed by atoms with Crippen molar-refractivity contribution in [2.45, 2.75) is 13.0 Å². The number of hydrogen-bond acceptors (Lipinski definition) is 5. The maximum atomic E-state index is 12.2. The number of rotatable bonds is 2. The molecule has 0 bridgehead atoms. The molecule has 6 heteroatoms. The van der Waals surface area contributed by atoms with Crippen LogP contribution in [0, 0.1) is 0 Å². The quantitative estimate of drug-likeness (QED) is 0.860. The van der Waals surface area contributed by atoms with Gasteiger partial charge in [0.25, 0.3) is 0 Å². The molecular formula is C15H16ClN3O2. The highest BCUT2D eigenvalue weighted by molar-refractivity contribution is 5.98. The van der Waals surface area contributed by atoms with E-state index in [4.69, 9.17) is 4.74 Å². The standard InChI is InChI=1S/C15H15N3O2.ClH/c1-20-15(19)13-12-4-7-17-8-11(12)9-18-14(13)10-2-5-16-6-3-10;/h2-3,5-6,9,17H,4,7-8H2,1H3;1H. The Morgan fingerprint density at radius 2 is 2.10 bits per heavy atom. The van der Waals surface area contributed by atoms with Gasteiger partial charge in [-0.1, -0.05) is 0 Å². The van der Waals surface area contributed by atoms with Crippen LogP contribution in [-0.4, -0.2) is 29.6 Å². The first-order chi connectivity index (χ1) is 9.81. The van der Waals surface area contributed by atoms with Crippen LogP contribution >= 0.6 is 12.4 Å². The molecule has 0 aromatic carbocycles. The van der Waals surface area contributed by atoms with Crippen molar-refractivity contribution in [3.05, 3.63) is 47.4 Å². The summed E-state index contributed by atoms with van der Waals surface area (Å²) in [5.74, 6) is -0.330. The third-order valence-electron chi connectivity index (χ3n) is 3.49. The predicted molar refractivity (Wildman–Crippen MR) is 81.5 cm³/mol. The van der Waals surface area contributed by atoms with E-state index in [1.807, 2.05) is 18.3 Å². The van der Waals surface area contributed by atoms with Gasteiger partial charge in [0.05, 0.1) is 18.4 Å². The second kappa shape index (κ2) is 6.65. The fourth-order valence-electron chi connectivity index (χ4n) is 2.51. The zero-order chi connectivity index (χ0) is 13.9. The second-order valence-electron chi connectivity index (χ2n) is 4.64. The summed E-state index contributed by atoms with van der Waals surface area (Å²) in [5.41, 5.74) is 4.23. The van der Waals surface area contributed by atoms with Crippen molar-refractivity contribution in [2.75, 3.05) is 13.7 Å². The summed E-state index contributed by atoms with van der Waals surface area (Å²) in [4.78, 5) is 20.6. The van der Waals surface area contributed by atoms with Crippen molar-refractivity contribution in [3.8, 4) is 11.3 Å². The van der Waals surface area contributed by atoms with E-state index < -0.39 is 0 Å². The molecule has 1 N–H and O–H groups in total. The van der Waals surface area contributed by atoms with Crippen molar-refractivity contribution >= 4 is 18.4 Å². The summed E-state index contributed by atoms with van der Waals surface area (Å²) in [6.45, 7) is 1.60. The van der Waals surface area contributed by atoms with Gasteiger partial charge < -0.3 is 10.1 Å². The van der Waals surface area contributed by atoms with Gasteiger partial charge in [0.15, 0.2) is 0 Å². The average molecular weight is 306 g/mol. The SMILES string of the molecule is COC(=O)c1c(-c2ccncc2)ncc2c1CCNC2.Cl. The van der Waals surface area contributed by atoms with Crippen LogP contribution in [0.4, 0.5) is 0 Å². The zero-order valence-corrected chi connectivity index (χ0v) is 12.4. The number of aromatic nitrogens is 2. The first kappa shape index (κ1) is 15.4. The van der Waals surface area contributed by atoms with Gasteiger partial charge in [-0.15, -0.1) is 12.4 Å². The average Bonchev–Trinajstić information content (AvgIpc) is 2.54. The minimum absolute atomic E-state index is 0. The highest BCUT2D eigenvalue weighted by Crippen LogP contribution is 2.28. The molecule has 0 unspecified atom stereocenters. The van der Waals surface area contributed by atoms with E-state index in [0.29, 0.717) is 11.3 Å². The van der Waals surface area contributed by atoms with E-state index in [0.717, 1.165) is 36.2 Å². The number of carbonyl (C=O) groups is 1. The van der Waals surface area contributed by atoms with Crippen molar-refractivity contribution in [1.29, 1.82) is 0 Å².